The number of piperazine rings is 1. The lowest BCUT2D eigenvalue weighted by molar-refractivity contribution is 0.0553. The highest BCUT2D eigenvalue weighted by Crippen LogP contribution is 2.16. The summed E-state index contributed by atoms with van der Waals surface area (Å²) in [5, 5.41) is 0. The molecule has 14 heavy (non-hydrogen) atoms. The minimum atomic E-state index is 0.289. The van der Waals surface area contributed by atoms with Crippen LogP contribution < -0.4 is 0 Å². The van der Waals surface area contributed by atoms with Gasteiger partial charge in [-0.05, 0) is 27.7 Å². The molecule has 1 aliphatic heterocycles. The normalized spacial score (nSPS) is 23.1. The van der Waals surface area contributed by atoms with E-state index in [0.717, 1.165) is 26.2 Å². The minimum absolute atomic E-state index is 0.289. The maximum Gasteiger partial charge on any atom is 0.0684 e. The maximum absolute atomic E-state index is 5.42. The molecule has 2 nitrogen and oxygen atoms in total. The fourth-order valence-corrected chi connectivity index (χ4v) is 1.89. The van der Waals surface area contributed by atoms with Gasteiger partial charge in [0.25, 0.3) is 0 Å². The van der Waals surface area contributed by atoms with E-state index in [1.807, 2.05) is 0 Å². The molecule has 0 spiro atoms. The van der Waals surface area contributed by atoms with Gasteiger partial charge in [-0.15, -0.1) is 6.42 Å². The van der Waals surface area contributed by atoms with Crippen molar-refractivity contribution < 1.29 is 0 Å². The van der Waals surface area contributed by atoms with Gasteiger partial charge in [-0.3, -0.25) is 9.80 Å². The lowest BCUT2D eigenvalue weighted by Crippen LogP contribution is -2.54. The lowest BCUT2D eigenvalue weighted by Gasteiger charge is -2.43. The molecular formula is C12H22N2. The Morgan fingerprint density at radius 3 is 2.00 bits per heavy atom. The van der Waals surface area contributed by atoms with Crippen LogP contribution >= 0.6 is 0 Å². The molecule has 0 N–H and O–H groups in total. The zero-order chi connectivity index (χ0) is 10.8. The lowest BCUT2D eigenvalue weighted by atomic mass is 10.0. The van der Waals surface area contributed by atoms with Gasteiger partial charge in [-0.25, -0.2) is 0 Å². The SMILES string of the molecule is C#CC(C)N1CCN(C(C)(C)C)CC1. The highest BCUT2D eigenvalue weighted by Gasteiger charge is 2.26. The number of nitrogens with zero attached hydrogens (tertiary/aromatic N) is 2. The third kappa shape index (κ3) is 2.73. The number of hydrogen-bond acceptors (Lipinski definition) is 2. The molecule has 1 rings (SSSR count). The summed E-state index contributed by atoms with van der Waals surface area (Å²) < 4.78 is 0. The average Bonchev–Trinajstić information content (AvgIpc) is 2.15. The Balaban J connectivity index is 2.43. The standard InChI is InChI=1S/C12H22N2/c1-6-11(2)13-7-9-14(10-8-13)12(3,4)5/h1,11H,7-10H2,2-5H3. The van der Waals surface area contributed by atoms with Gasteiger partial charge in [-0.2, -0.15) is 0 Å². The van der Waals surface area contributed by atoms with Crippen molar-refractivity contribution >= 4 is 0 Å². The van der Waals surface area contributed by atoms with Crippen LogP contribution in [0.15, 0.2) is 0 Å². The van der Waals surface area contributed by atoms with Crippen LogP contribution in [0.1, 0.15) is 27.7 Å². The fraction of sp³-hybridized carbons (Fsp3) is 0.833. The molecule has 2 heteroatoms. The van der Waals surface area contributed by atoms with Gasteiger partial charge in [0.05, 0.1) is 6.04 Å². The van der Waals surface area contributed by atoms with Crippen LogP contribution in [0.3, 0.4) is 0 Å². The molecule has 0 aromatic carbocycles. The first-order valence-corrected chi connectivity index (χ1v) is 5.40. The van der Waals surface area contributed by atoms with E-state index in [9.17, 15) is 0 Å². The van der Waals surface area contributed by atoms with Crippen LogP contribution in [0, 0.1) is 12.3 Å². The molecule has 1 heterocycles. The van der Waals surface area contributed by atoms with Crippen molar-refractivity contribution in [1.82, 2.24) is 9.80 Å². The molecule has 0 bridgehead atoms. The van der Waals surface area contributed by atoms with E-state index in [0.29, 0.717) is 5.54 Å². The van der Waals surface area contributed by atoms with Gasteiger partial charge < -0.3 is 0 Å². The second kappa shape index (κ2) is 4.33. The molecule has 1 aliphatic rings. The van der Waals surface area contributed by atoms with E-state index < -0.39 is 0 Å². The van der Waals surface area contributed by atoms with Crippen LogP contribution in [0.2, 0.25) is 0 Å². The Bertz CT molecular complexity index is 213. The first kappa shape index (κ1) is 11.6. The molecule has 0 radical (unpaired) electrons. The van der Waals surface area contributed by atoms with Gasteiger partial charge in [0.2, 0.25) is 0 Å². The Morgan fingerprint density at radius 1 is 1.14 bits per heavy atom. The van der Waals surface area contributed by atoms with E-state index in [1.165, 1.54) is 0 Å². The molecule has 80 valence electrons. The van der Waals surface area contributed by atoms with E-state index >= 15 is 0 Å². The zero-order valence-electron chi connectivity index (χ0n) is 9.88. The number of terminal acetylenes is 1. The molecule has 0 aliphatic carbocycles. The van der Waals surface area contributed by atoms with Crippen molar-refractivity contribution in [3.63, 3.8) is 0 Å². The Labute approximate surface area is 88.3 Å². The average molecular weight is 194 g/mol. The summed E-state index contributed by atoms with van der Waals surface area (Å²) in [6.07, 6.45) is 5.42. The summed E-state index contributed by atoms with van der Waals surface area (Å²) in [6, 6.07) is 0.289. The van der Waals surface area contributed by atoms with Gasteiger partial charge in [0, 0.05) is 31.7 Å². The molecule has 1 unspecified atom stereocenters. The van der Waals surface area contributed by atoms with Crippen LogP contribution in [0.5, 0.6) is 0 Å². The van der Waals surface area contributed by atoms with Crippen LogP contribution in [0.25, 0.3) is 0 Å². The molecule has 1 fully saturated rings. The van der Waals surface area contributed by atoms with Gasteiger partial charge in [0.1, 0.15) is 0 Å². The topological polar surface area (TPSA) is 6.48 Å². The van der Waals surface area contributed by atoms with Crippen LogP contribution in [0.4, 0.5) is 0 Å². The molecular weight excluding hydrogens is 172 g/mol. The van der Waals surface area contributed by atoms with Crippen LogP contribution in [-0.4, -0.2) is 47.6 Å². The molecule has 0 amide bonds. The Morgan fingerprint density at radius 2 is 1.64 bits per heavy atom. The first-order chi connectivity index (χ1) is 6.45. The Kier molecular flexibility index (Phi) is 3.58. The van der Waals surface area contributed by atoms with E-state index in [2.05, 4.69) is 43.4 Å². The summed E-state index contributed by atoms with van der Waals surface area (Å²) in [5.74, 6) is 2.80. The summed E-state index contributed by atoms with van der Waals surface area (Å²) in [6.45, 7) is 13.4. The summed E-state index contributed by atoms with van der Waals surface area (Å²) in [5.41, 5.74) is 0.297. The summed E-state index contributed by atoms with van der Waals surface area (Å²) in [4.78, 5) is 4.90. The van der Waals surface area contributed by atoms with E-state index in [-0.39, 0.29) is 6.04 Å². The van der Waals surface area contributed by atoms with Crippen molar-refractivity contribution in [2.45, 2.75) is 39.3 Å². The van der Waals surface area contributed by atoms with Crippen molar-refractivity contribution in [3.8, 4) is 12.3 Å². The monoisotopic (exact) mass is 194 g/mol. The molecule has 1 saturated heterocycles. The summed E-state index contributed by atoms with van der Waals surface area (Å²) >= 11 is 0. The maximum atomic E-state index is 5.42. The second-order valence-electron chi connectivity index (χ2n) is 5.04. The molecule has 0 aromatic rings. The van der Waals surface area contributed by atoms with Crippen molar-refractivity contribution in [2.75, 3.05) is 26.2 Å². The Hall–Kier alpha value is -0.520. The number of hydrogen-bond donors (Lipinski definition) is 0. The minimum Gasteiger partial charge on any atom is -0.296 e. The molecule has 0 saturated carbocycles. The van der Waals surface area contributed by atoms with Gasteiger partial charge >= 0.3 is 0 Å². The van der Waals surface area contributed by atoms with Crippen molar-refractivity contribution in [3.05, 3.63) is 0 Å². The van der Waals surface area contributed by atoms with E-state index in [1.54, 1.807) is 0 Å². The van der Waals surface area contributed by atoms with Crippen molar-refractivity contribution in [1.29, 1.82) is 0 Å². The predicted molar refractivity (Wildman–Crippen MR) is 61.2 cm³/mol. The van der Waals surface area contributed by atoms with Crippen molar-refractivity contribution in [2.24, 2.45) is 0 Å². The largest absolute Gasteiger partial charge is 0.296 e. The van der Waals surface area contributed by atoms with E-state index in [4.69, 9.17) is 6.42 Å². The number of rotatable bonds is 1. The highest BCUT2D eigenvalue weighted by molar-refractivity contribution is 4.98. The zero-order valence-corrected chi connectivity index (χ0v) is 9.88. The fourth-order valence-electron chi connectivity index (χ4n) is 1.89. The quantitative estimate of drug-likeness (QED) is 0.583. The first-order valence-electron chi connectivity index (χ1n) is 5.40. The highest BCUT2D eigenvalue weighted by atomic mass is 15.3. The third-order valence-electron chi connectivity index (χ3n) is 3.05. The molecule has 0 aromatic heterocycles. The predicted octanol–water partition coefficient (Wildman–Crippen LogP) is 1.42. The summed E-state index contributed by atoms with van der Waals surface area (Å²) in [7, 11) is 0. The van der Waals surface area contributed by atoms with Gasteiger partial charge in [0.15, 0.2) is 0 Å². The molecule has 1 atom stereocenters. The van der Waals surface area contributed by atoms with Crippen LogP contribution in [-0.2, 0) is 0 Å². The van der Waals surface area contributed by atoms with Gasteiger partial charge in [-0.1, -0.05) is 5.92 Å². The third-order valence-corrected chi connectivity index (χ3v) is 3.05. The second-order valence-corrected chi connectivity index (χ2v) is 5.04. The smallest absolute Gasteiger partial charge is 0.0684 e.